The predicted molar refractivity (Wildman–Crippen MR) is 70.9 cm³/mol. The molecule has 2 heterocycles. The fraction of sp³-hybridized carbons (Fsp3) is 0.167. The summed E-state index contributed by atoms with van der Waals surface area (Å²) >= 11 is 1.34. The lowest BCUT2D eigenvalue weighted by Gasteiger charge is -2.00. The fourth-order valence-corrected chi connectivity index (χ4v) is 2.60. The van der Waals surface area contributed by atoms with Gasteiger partial charge in [0, 0.05) is 11.9 Å². The largest absolute Gasteiger partial charge is 0.382 e. The molecule has 0 unspecified atom stereocenters. The van der Waals surface area contributed by atoms with E-state index in [0.717, 1.165) is 15.6 Å². The smallest absolute Gasteiger partial charge is 0.219 e. The van der Waals surface area contributed by atoms with Crippen LogP contribution in [0.1, 0.15) is 6.92 Å². The normalized spacial score (nSPS) is 11.2. The van der Waals surface area contributed by atoms with Crippen molar-refractivity contribution in [3.63, 3.8) is 0 Å². The number of hydrogen-bond donors (Lipinski definition) is 1. The Labute approximate surface area is 107 Å². The van der Waals surface area contributed by atoms with Crippen LogP contribution >= 0.6 is 11.5 Å². The minimum absolute atomic E-state index is 0.321. The highest BCUT2D eigenvalue weighted by molar-refractivity contribution is 7.13. The third-order valence-corrected chi connectivity index (χ3v) is 3.72. The van der Waals surface area contributed by atoms with Crippen LogP contribution in [0.2, 0.25) is 0 Å². The Morgan fingerprint density at radius 2 is 2.28 bits per heavy atom. The fourth-order valence-electron chi connectivity index (χ4n) is 1.91. The molecular formula is C12H11FN4S. The molecule has 18 heavy (non-hydrogen) atoms. The third-order valence-electron chi connectivity index (χ3n) is 2.88. The van der Waals surface area contributed by atoms with Crippen molar-refractivity contribution in [1.29, 1.82) is 0 Å². The molecule has 4 nitrogen and oxygen atoms in total. The average Bonchev–Trinajstić information content (AvgIpc) is 2.93. The second kappa shape index (κ2) is 4.06. The zero-order valence-electron chi connectivity index (χ0n) is 9.72. The second-order valence-electron chi connectivity index (χ2n) is 3.94. The summed E-state index contributed by atoms with van der Waals surface area (Å²) in [5.74, 6) is 0.166. The summed E-state index contributed by atoms with van der Waals surface area (Å²) in [6, 6.07) is 5.62. The van der Waals surface area contributed by atoms with Gasteiger partial charge in [0.05, 0.1) is 16.5 Å². The Bertz CT molecular complexity index is 716. The van der Waals surface area contributed by atoms with Gasteiger partial charge >= 0.3 is 0 Å². The number of aromatic nitrogens is 3. The van der Waals surface area contributed by atoms with Crippen LogP contribution in [-0.4, -0.2) is 14.2 Å². The SMILES string of the molecule is CCn1ncc(-c2ccc3snc(N)c3c2)c1F. The second-order valence-corrected chi connectivity index (χ2v) is 4.75. The van der Waals surface area contributed by atoms with Gasteiger partial charge in [-0.05, 0) is 36.2 Å². The number of rotatable bonds is 2. The molecule has 0 aliphatic carbocycles. The lowest BCUT2D eigenvalue weighted by Crippen LogP contribution is -1.99. The van der Waals surface area contributed by atoms with Gasteiger partial charge in [-0.1, -0.05) is 6.07 Å². The van der Waals surface area contributed by atoms with Gasteiger partial charge in [0.2, 0.25) is 5.95 Å². The van der Waals surface area contributed by atoms with Crippen LogP contribution in [0.25, 0.3) is 21.2 Å². The van der Waals surface area contributed by atoms with Crippen molar-refractivity contribution >= 4 is 27.4 Å². The first-order valence-corrected chi connectivity index (χ1v) is 6.34. The van der Waals surface area contributed by atoms with E-state index in [1.54, 1.807) is 0 Å². The highest BCUT2D eigenvalue weighted by Crippen LogP contribution is 2.30. The van der Waals surface area contributed by atoms with Crippen LogP contribution in [-0.2, 0) is 6.54 Å². The Morgan fingerprint density at radius 3 is 3.00 bits per heavy atom. The number of benzene rings is 1. The van der Waals surface area contributed by atoms with Gasteiger partial charge in [0.1, 0.15) is 5.82 Å². The van der Waals surface area contributed by atoms with Crippen molar-refractivity contribution in [2.75, 3.05) is 5.73 Å². The van der Waals surface area contributed by atoms with Crippen molar-refractivity contribution in [3.05, 3.63) is 30.3 Å². The molecule has 0 radical (unpaired) electrons. The molecule has 0 amide bonds. The predicted octanol–water partition coefficient (Wildman–Crippen LogP) is 2.90. The molecule has 1 aromatic carbocycles. The van der Waals surface area contributed by atoms with Gasteiger partial charge in [0.15, 0.2) is 0 Å². The van der Waals surface area contributed by atoms with E-state index in [4.69, 9.17) is 5.73 Å². The number of fused-ring (bicyclic) bond motifs is 1. The van der Waals surface area contributed by atoms with Crippen LogP contribution in [0, 0.1) is 5.95 Å². The zero-order valence-corrected chi connectivity index (χ0v) is 10.5. The lowest BCUT2D eigenvalue weighted by molar-refractivity contribution is 0.473. The van der Waals surface area contributed by atoms with E-state index in [1.807, 2.05) is 25.1 Å². The van der Waals surface area contributed by atoms with Crippen molar-refractivity contribution < 1.29 is 4.39 Å². The molecule has 2 aromatic heterocycles. The van der Waals surface area contributed by atoms with Crippen molar-refractivity contribution in [2.45, 2.75) is 13.5 Å². The first-order valence-electron chi connectivity index (χ1n) is 5.57. The maximum absolute atomic E-state index is 14.0. The molecule has 0 saturated heterocycles. The lowest BCUT2D eigenvalue weighted by atomic mass is 10.1. The van der Waals surface area contributed by atoms with E-state index in [0.29, 0.717) is 17.9 Å². The van der Waals surface area contributed by atoms with Gasteiger partial charge in [-0.2, -0.15) is 13.9 Å². The molecule has 2 N–H and O–H groups in total. The summed E-state index contributed by atoms with van der Waals surface area (Å²) in [5.41, 5.74) is 7.04. The number of halogens is 1. The maximum atomic E-state index is 14.0. The number of hydrogen-bond acceptors (Lipinski definition) is 4. The highest BCUT2D eigenvalue weighted by atomic mass is 32.1. The molecule has 0 spiro atoms. The van der Waals surface area contributed by atoms with Crippen LogP contribution < -0.4 is 5.73 Å². The average molecular weight is 262 g/mol. The Morgan fingerprint density at radius 1 is 1.44 bits per heavy atom. The summed E-state index contributed by atoms with van der Waals surface area (Å²) in [6.07, 6.45) is 1.54. The Hall–Kier alpha value is -1.95. The van der Waals surface area contributed by atoms with Crippen molar-refractivity contribution in [2.24, 2.45) is 0 Å². The minimum atomic E-state index is -0.321. The molecule has 0 fully saturated rings. The number of nitrogens with two attached hydrogens (primary N) is 1. The molecular weight excluding hydrogens is 251 g/mol. The molecule has 0 bridgehead atoms. The number of aryl methyl sites for hydroxylation is 1. The molecule has 0 aliphatic rings. The van der Waals surface area contributed by atoms with Crippen LogP contribution in [0.15, 0.2) is 24.4 Å². The molecule has 3 rings (SSSR count). The summed E-state index contributed by atoms with van der Waals surface area (Å²) in [6.45, 7) is 2.36. The van der Waals surface area contributed by atoms with Gasteiger partial charge in [-0.25, -0.2) is 4.68 Å². The van der Waals surface area contributed by atoms with Crippen molar-refractivity contribution in [1.82, 2.24) is 14.2 Å². The molecule has 0 aliphatic heterocycles. The number of anilines is 1. The Kier molecular flexibility index (Phi) is 2.52. The first-order chi connectivity index (χ1) is 8.70. The van der Waals surface area contributed by atoms with E-state index < -0.39 is 0 Å². The summed E-state index contributed by atoms with van der Waals surface area (Å²) < 4.78 is 20.4. The minimum Gasteiger partial charge on any atom is -0.382 e. The quantitative estimate of drug-likeness (QED) is 0.772. The van der Waals surface area contributed by atoms with Gasteiger partial charge < -0.3 is 5.73 Å². The molecule has 0 atom stereocenters. The topological polar surface area (TPSA) is 56.7 Å². The third kappa shape index (κ3) is 1.57. The first kappa shape index (κ1) is 11.2. The van der Waals surface area contributed by atoms with Gasteiger partial charge in [-0.15, -0.1) is 0 Å². The van der Waals surface area contributed by atoms with Crippen LogP contribution in [0.5, 0.6) is 0 Å². The number of nitrogens with zero attached hydrogens (tertiary/aromatic N) is 3. The molecule has 92 valence electrons. The monoisotopic (exact) mass is 262 g/mol. The summed E-state index contributed by atoms with van der Waals surface area (Å²) in [7, 11) is 0. The highest BCUT2D eigenvalue weighted by Gasteiger charge is 2.13. The summed E-state index contributed by atoms with van der Waals surface area (Å²) in [4.78, 5) is 0. The van der Waals surface area contributed by atoms with E-state index >= 15 is 0 Å². The Balaban J connectivity index is 2.18. The van der Waals surface area contributed by atoms with E-state index in [-0.39, 0.29) is 5.95 Å². The zero-order chi connectivity index (χ0) is 12.7. The van der Waals surface area contributed by atoms with Crippen LogP contribution in [0.4, 0.5) is 10.2 Å². The summed E-state index contributed by atoms with van der Waals surface area (Å²) in [5, 5.41) is 4.86. The van der Waals surface area contributed by atoms with E-state index in [2.05, 4.69) is 9.47 Å². The van der Waals surface area contributed by atoms with Gasteiger partial charge in [-0.3, -0.25) is 0 Å². The molecule has 6 heteroatoms. The van der Waals surface area contributed by atoms with Gasteiger partial charge in [0.25, 0.3) is 0 Å². The van der Waals surface area contributed by atoms with E-state index in [9.17, 15) is 4.39 Å². The van der Waals surface area contributed by atoms with Crippen LogP contribution in [0.3, 0.4) is 0 Å². The standard InChI is InChI=1S/C12H11FN4S/c1-2-17-11(13)9(6-15-17)7-3-4-10-8(5-7)12(14)16-18-10/h3-6H,2H2,1H3,(H2,14,16). The van der Waals surface area contributed by atoms with Crippen molar-refractivity contribution in [3.8, 4) is 11.1 Å². The molecule has 0 saturated carbocycles. The van der Waals surface area contributed by atoms with E-state index in [1.165, 1.54) is 22.4 Å². The number of nitrogen functional groups attached to an aromatic ring is 1. The molecule has 3 aromatic rings. The maximum Gasteiger partial charge on any atom is 0.219 e.